The monoisotopic (exact) mass is 582 g/mol. The highest BCUT2D eigenvalue weighted by Gasteiger charge is 2.38. The number of amides is 1. The summed E-state index contributed by atoms with van der Waals surface area (Å²) in [5.41, 5.74) is 4.56. The molecule has 2 aliphatic rings. The molecule has 5 unspecified atom stereocenters. The minimum absolute atomic E-state index is 0.0473. The Morgan fingerprint density at radius 1 is 1.27 bits per heavy atom. The van der Waals surface area contributed by atoms with Crippen LogP contribution in [0.2, 0.25) is 5.02 Å². The molecule has 1 aliphatic heterocycles. The van der Waals surface area contributed by atoms with E-state index in [2.05, 4.69) is 42.2 Å². The molecule has 1 saturated carbocycles. The summed E-state index contributed by atoms with van der Waals surface area (Å²) >= 11 is 6.40. The second-order valence-corrected chi connectivity index (χ2v) is 12.2. The number of halogens is 1. The number of carbonyl (C=O) groups is 1. The Morgan fingerprint density at radius 2 is 2.07 bits per heavy atom. The van der Waals surface area contributed by atoms with Crippen LogP contribution in [-0.2, 0) is 16.0 Å². The summed E-state index contributed by atoms with van der Waals surface area (Å²) in [5, 5.41) is 11.1. The van der Waals surface area contributed by atoms with Crippen molar-refractivity contribution in [2.24, 2.45) is 11.8 Å². The van der Waals surface area contributed by atoms with Crippen molar-refractivity contribution >= 4 is 23.2 Å². The molecule has 0 aromatic heterocycles. The third kappa shape index (κ3) is 7.85. The highest BCUT2D eigenvalue weighted by molar-refractivity contribution is 6.30. The van der Waals surface area contributed by atoms with Crippen molar-refractivity contribution in [3.8, 4) is 5.75 Å². The van der Waals surface area contributed by atoms with Crippen molar-refractivity contribution in [1.82, 2.24) is 4.90 Å². The van der Waals surface area contributed by atoms with Crippen molar-refractivity contribution in [3.63, 3.8) is 0 Å². The van der Waals surface area contributed by atoms with E-state index in [1.807, 2.05) is 32.2 Å². The standard InChI is InChI=1S/C34H47ClN2O4/c1-6-9-26-18-29(35)13-15-30(26)28-21-37(32-19-25(23(2)38)12-16-34(32)41-22-28)20-27-11-14-31(27)33(40-5)10-7-8-17-36(4)24(3)39/h7,10,12-13,15-16,18-19,23,27-28,31,33,38H,6,8-9,11,14,17,20-22H2,1-5H3/b10-7+. The average Bonchev–Trinajstić information content (AvgIpc) is 3.11. The van der Waals surface area contributed by atoms with Gasteiger partial charge in [-0.15, -0.1) is 0 Å². The Kier molecular flexibility index (Phi) is 11.2. The van der Waals surface area contributed by atoms with Gasteiger partial charge in [0.2, 0.25) is 5.91 Å². The normalized spacial score (nSPS) is 21.9. The van der Waals surface area contributed by atoms with Gasteiger partial charge in [0, 0.05) is 51.7 Å². The van der Waals surface area contributed by atoms with E-state index in [1.165, 1.54) is 11.1 Å². The first kappa shape index (κ1) is 31.4. The topological polar surface area (TPSA) is 62.2 Å². The molecular weight excluding hydrogens is 536 g/mol. The summed E-state index contributed by atoms with van der Waals surface area (Å²) in [4.78, 5) is 15.7. The number of anilines is 1. The van der Waals surface area contributed by atoms with Crippen LogP contribution in [0.15, 0.2) is 48.6 Å². The summed E-state index contributed by atoms with van der Waals surface area (Å²) in [5.74, 6) is 2.06. The number of aliphatic hydroxyl groups is 1. The third-order valence-electron chi connectivity index (χ3n) is 8.87. The molecule has 1 fully saturated rings. The van der Waals surface area contributed by atoms with Gasteiger partial charge in [0.15, 0.2) is 0 Å². The van der Waals surface area contributed by atoms with Gasteiger partial charge in [0.05, 0.1) is 24.5 Å². The van der Waals surface area contributed by atoms with Gasteiger partial charge in [0.25, 0.3) is 0 Å². The van der Waals surface area contributed by atoms with E-state index in [4.69, 9.17) is 21.1 Å². The van der Waals surface area contributed by atoms with Crippen molar-refractivity contribution in [1.29, 1.82) is 0 Å². The largest absolute Gasteiger partial charge is 0.491 e. The average molecular weight is 583 g/mol. The lowest BCUT2D eigenvalue weighted by Crippen LogP contribution is -2.44. The number of aliphatic hydroxyl groups excluding tert-OH is 1. The highest BCUT2D eigenvalue weighted by Crippen LogP contribution is 2.43. The Hall–Kier alpha value is -2.54. The Bertz CT molecular complexity index is 1200. The molecule has 1 aliphatic carbocycles. The van der Waals surface area contributed by atoms with Crippen LogP contribution in [0.3, 0.4) is 0 Å². The van der Waals surface area contributed by atoms with E-state index in [1.54, 1.807) is 18.9 Å². The first-order chi connectivity index (χ1) is 19.7. The molecule has 2 aromatic rings. The second-order valence-electron chi connectivity index (χ2n) is 11.8. The van der Waals surface area contributed by atoms with Crippen LogP contribution >= 0.6 is 11.6 Å². The number of carbonyl (C=O) groups excluding carboxylic acids is 1. The van der Waals surface area contributed by atoms with E-state index in [-0.39, 0.29) is 17.9 Å². The van der Waals surface area contributed by atoms with Crippen molar-refractivity contribution in [2.75, 3.05) is 45.3 Å². The lowest BCUT2D eigenvalue weighted by molar-refractivity contribution is -0.127. The molecule has 41 heavy (non-hydrogen) atoms. The first-order valence-electron chi connectivity index (χ1n) is 15.1. The van der Waals surface area contributed by atoms with E-state index >= 15 is 0 Å². The fraction of sp³-hybridized carbons (Fsp3) is 0.559. The molecular formula is C34H47ClN2O4. The maximum atomic E-state index is 11.5. The maximum absolute atomic E-state index is 11.5. The number of benzene rings is 2. The summed E-state index contributed by atoms with van der Waals surface area (Å²) in [6.45, 7) is 8.65. The van der Waals surface area contributed by atoms with Gasteiger partial charge in [-0.1, -0.05) is 49.2 Å². The van der Waals surface area contributed by atoms with Crippen LogP contribution in [0.1, 0.15) is 75.2 Å². The summed E-state index contributed by atoms with van der Waals surface area (Å²) in [6.07, 6.45) is 8.98. The number of rotatable bonds is 12. The van der Waals surface area contributed by atoms with Crippen LogP contribution < -0.4 is 9.64 Å². The molecule has 5 atom stereocenters. The fourth-order valence-electron chi connectivity index (χ4n) is 6.18. The predicted molar refractivity (Wildman–Crippen MR) is 167 cm³/mol. The van der Waals surface area contributed by atoms with E-state index in [0.29, 0.717) is 25.0 Å². The van der Waals surface area contributed by atoms with Gasteiger partial charge >= 0.3 is 0 Å². The lowest BCUT2D eigenvalue weighted by Gasteiger charge is -2.43. The number of aryl methyl sites for hydroxylation is 1. The third-order valence-corrected chi connectivity index (χ3v) is 9.11. The maximum Gasteiger partial charge on any atom is 0.219 e. The molecule has 1 amide bonds. The van der Waals surface area contributed by atoms with E-state index < -0.39 is 6.10 Å². The molecule has 6 nitrogen and oxygen atoms in total. The molecule has 1 N–H and O–H groups in total. The molecule has 4 rings (SSSR count). The fourth-order valence-corrected chi connectivity index (χ4v) is 6.37. The van der Waals surface area contributed by atoms with Crippen LogP contribution in [0.25, 0.3) is 0 Å². The van der Waals surface area contributed by atoms with Gasteiger partial charge in [0.1, 0.15) is 5.75 Å². The van der Waals surface area contributed by atoms with Crippen molar-refractivity contribution < 1.29 is 19.4 Å². The molecule has 1 heterocycles. The highest BCUT2D eigenvalue weighted by atomic mass is 35.5. The van der Waals surface area contributed by atoms with E-state index in [0.717, 1.165) is 67.2 Å². The summed E-state index contributed by atoms with van der Waals surface area (Å²) in [6, 6.07) is 12.4. The van der Waals surface area contributed by atoms with Crippen molar-refractivity contribution in [2.45, 2.75) is 71.0 Å². The molecule has 0 radical (unpaired) electrons. The van der Waals surface area contributed by atoms with E-state index in [9.17, 15) is 9.90 Å². The van der Waals surface area contributed by atoms with Gasteiger partial charge < -0.3 is 24.4 Å². The molecule has 0 spiro atoms. The first-order valence-corrected chi connectivity index (χ1v) is 15.5. The number of hydrogen-bond acceptors (Lipinski definition) is 5. The van der Waals surface area contributed by atoms with Crippen LogP contribution in [0.5, 0.6) is 5.75 Å². The molecule has 0 saturated heterocycles. The molecule has 2 aromatic carbocycles. The number of nitrogens with zero attached hydrogens (tertiary/aromatic N) is 2. The Morgan fingerprint density at radius 3 is 2.73 bits per heavy atom. The molecule has 7 heteroatoms. The smallest absolute Gasteiger partial charge is 0.219 e. The Balaban J connectivity index is 1.56. The van der Waals surface area contributed by atoms with Crippen LogP contribution in [0.4, 0.5) is 5.69 Å². The van der Waals surface area contributed by atoms with Gasteiger partial charge in [-0.3, -0.25) is 4.79 Å². The summed E-state index contributed by atoms with van der Waals surface area (Å²) in [7, 11) is 3.63. The quantitative estimate of drug-likeness (QED) is 0.279. The zero-order chi connectivity index (χ0) is 29.5. The number of hydrogen-bond donors (Lipinski definition) is 1. The van der Waals surface area contributed by atoms with Crippen LogP contribution in [-0.4, -0.2) is 62.4 Å². The SMILES string of the molecule is CCCc1cc(Cl)ccc1C1COc2ccc(C(C)O)cc2N(CC2CCC2C(/C=C/CCN(C)C(C)=O)OC)C1. The Labute approximate surface area is 251 Å². The van der Waals surface area contributed by atoms with Gasteiger partial charge in [-0.2, -0.15) is 0 Å². The summed E-state index contributed by atoms with van der Waals surface area (Å²) < 4.78 is 12.4. The molecule has 0 bridgehead atoms. The van der Waals surface area contributed by atoms with Gasteiger partial charge in [-0.25, -0.2) is 0 Å². The minimum Gasteiger partial charge on any atom is -0.491 e. The predicted octanol–water partition coefficient (Wildman–Crippen LogP) is 6.79. The molecule has 224 valence electrons. The number of methoxy groups -OCH3 is 1. The van der Waals surface area contributed by atoms with Crippen molar-refractivity contribution in [3.05, 3.63) is 70.3 Å². The minimum atomic E-state index is -0.546. The number of fused-ring (bicyclic) bond motifs is 1. The van der Waals surface area contributed by atoms with Gasteiger partial charge in [-0.05, 0) is 85.4 Å². The lowest BCUT2D eigenvalue weighted by atomic mass is 9.70. The zero-order valence-electron chi connectivity index (χ0n) is 25.3. The van der Waals surface area contributed by atoms with Crippen LogP contribution in [0, 0.1) is 11.8 Å². The number of ether oxygens (including phenoxy) is 2. The zero-order valence-corrected chi connectivity index (χ0v) is 26.1. The second kappa shape index (κ2) is 14.6.